The van der Waals surface area contributed by atoms with Crippen molar-refractivity contribution in [2.45, 2.75) is 45.4 Å². The molecule has 0 saturated heterocycles. The monoisotopic (exact) mass is 294 g/mol. The predicted molar refractivity (Wildman–Crippen MR) is 83.5 cm³/mol. The lowest BCUT2D eigenvalue weighted by molar-refractivity contribution is -0.155. The van der Waals surface area contributed by atoms with Crippen LogP contribution in [0, 0.1) is 11.2 Å². The second-order valence-corrected chi connectivity index (χ2v) is 6.83. The van der Waals surface area contributed by atoms with E-state index in [1.54, 1.807) is 12.1 Å². The molecule has 2 unspecified atom stereocenters. The summed E-state index contributed by atoms with van der Waals surface area (Å²) < 4.78 is 19.0. The van der Waals surface area contributed by atoms with E-state index >= 15 is 0 Å². The van der Waals surface area contributed by atoms with Gasteiger partial charge in [-0.15, -0.1) is 0 Å². The molecule has 0 amide bonds. The highest BCUT2D eigenvalue weighted by atomic mass is 19.1. The number of nitrogens with two attached hydrogens (primary N) is 1. The van der Waals surface area contributed by atoms with Crippen LogP contribution in [-0.4, -0.2) is 36.7 Å². The van der Waals surface area contributed by atoms with Gasteiger partial charge in [-0.25, -0.2) is 4.39 Å². The first-order valence-corrected chi connectivity index (χ1v) is 7.62. The number of benzene rings is 1. The molecule has 0 heterocycles. The van der Waals surface area contributed by atoms with Crippen molar-refractivity contribution in [3.8, 4) is 0 Å². The van der Waals surface area contributed by atoms with Gasteiger partial charge >= 0.3 is 0 Å². The maximum absolute atomic E-state index is 13.2. The van der Waals surface area contributed by atoms with Gasteiger partial charge in [-0.05, 0) is 38.1 Å². The number of hydrogen-bond acceptors (Lipinski definition) is 3. The molecule has 21 heavy (non-hydrogen) atoms. The zero-order valence-corrected chi connectivity index (χ0v) is 13.5. The molecular formula is C17H27FN2O. The zero-order chi connectivity index (χ0) is 15.7. The largest absolute Gasteiger partial charge is 0.378 e. The van der Waals surface area contributed by atoms with Gasteiger partial charge in [0.15, 0.2) is 0 Å². The minimum absolute atomic E-state index is 0.0425. The molecule has 1 aliphatic carbocycles. The molecule has 2 N–H and O–H groups in total. The predicted octanol–water partition coefficient (Wildman–Crippen LogP) is 2.79. The van der Waals surface area contributed by atoms with E-state index in [4.69, 9.17) is 10.5 Å². The van der Waals surface area contributed by atoms with E-state index < -0.39 is 0 Å². The summed E-state index contributed by atoms with van der Waals surface area (Å²) in [6, 6.07) is 6.73. The average molecular weight is 294 g/mol. The highest BCUT2D eigenvalue weighted by Crippen LogP contribution is 2.50. The van der Waals surface area contributed by atoms with Crippen LogP contribution in [0.2, 0.25) is 0 Å². The van der Waals surface area contributed by atoms with Crippen LogP contribution in [0.25, 0.3) is 0 Å². The summed E-state index contributed by atoms with van der Waals surface area (Å²) >= 11 is 0. The Labute approximate surface area is 127 Å². The van der Waals surface area contributed by atoms with Crippen LogP contribution in [0.15, 0.2) is 24.3 Å². The van der Waals surface area contributed by atoms with Gasteiger partial charge in [-0.3, -0.25) is 0 Å². The molecule has 0 bridgehead atoms. The third-order valence-corrected chi connectivity index (χ3v) is 4.90. The fourth-order valence-electron chi connectivity index (χ4n) is 3.26. The quantitative estimate of drug-likeness (QED) is 0.877. The van der Waals surface area contributed by atoms with E-state index in [1.165, 1.54) is 6.07 Å². The molecule has 0 aromatic heterocycles. The molecule has 0 spiro atoms. The molecule has 1 aliphatic rings. The number of likely N-dealkylation sites (N-methyl/N-ethyl adjacent to an activating group) is 1. The lowest BCUT2D eigenvalue weighted by atomic mass is 9.54. The van der Waals surface area contributed by atoms with Crippen molar-refractivity contribution in [3.05, 3.63) is 35.6 Å². The van der Waals surface area contributed by atoms with Crippen LogP contribution in [0.1, 0.15) is 32.8 Å². The second-order valence-electron chi connectivity index (χ2n) is 6.83. The Bertz CT molecular complexity index is 491. The van der Waals surface area contributed by atoms with Gasteiger partial charge in [-0.2, -0.15) is 0 Å². The SMILES string of the molecule is CCOC1CC(N)(CN(C)Cc2cccc(F)c2)C1(C)C. The number of rotatable bonds is 6. The topological polar surface area (TPSA) is 38.5 Å². The van der Waals surface area contributed by atoms with E-state index in [1.807, 2.05) is 20.0 Å². The minimum Gasteiger partial charge on any atom is -0.378 e. The molecule has 118 valence electrons. The third kappa shape index (κ3) is 3.28. The molecule has 0 radical (unpaired) electrons. The molecule has 2 rings (SSSR count). The lowest BCUT2D eigenvalue weighted by Gasteiger charge is -2.60. The molecule has 2 atom stereocenters. The first-order chi connectivity index (χ1) is 9.78. The maximum Gasteiger partial charge on any atom is 0.123 e. The Kier molecular flexibility index (Phi) is 4.71. The Morgan fingerprint density at radius 1 is 1.43 bits per heavy atom. The van der Waals surface area contributed by atoms with E-state index in [9.17, 15) is 4.39 Å². The molecule has 0 aliphatic heterocycles. The smallest absolute Gasteiger partial charge is 0.123 e. The van der Waals surface area contributed by atoms with Gasteiger partial charge < -0.3 is 15.4 Å². The van der Waals surface area contributed by atoms with Gasteiger partial charge in [0.1, 0.15) is 5.82 Å². The maximum atomic E-state index is 13.2. The highest BCUT2D eigenvalue weighted by molar-refractivity contribution is 5.18. The standard InChI is InChI=1S/C17H27FN2O/c1-5-21-15-10-17(19,16(15,2)3)12-20(4)11-13-7-6-8-14(18)9-13/h6-9,15H,5,10-12,19H2,1-4H3. The van der Waals surface area contributed by atoms with E-state index in [-0.39, 0.29) is 22.9 Å². The van der Waals surface area contributed by atoms with E-state index in [0.717, 1.165) is 25.1 Å². The van der Waals surface area contributed by atoms with Crippen molar-refractivity contribution in [2.75, 3.05) is 20.2 Å². The first kappa shape index (κ1) is 16.4. The van der Waals surface area contributed by atoms with Crippen LogP contribution in [0.4, 0.5) is 4.39 Å². The van der Waals surface area contributed by atoms with E-state index in [2.05, 4.69) is 18.7 Å². The van der Waals surface area contributed by atoms with Crippen LogP contribution < -0.4 is 5.73 Å². The van der Waals surface area contributed by atoms with Gasteiger partial charge in [0, 0.05) is 30.7 Å². The molecule has 1 aromatic carbocycles. The van der Waals surface area contributed by atoms with Crippen LogP contribution in [0.3, 0.4) is 0 Å². The lowest BCUT2D eigenvalue weighted by Crippen LogP contribution is -2.73. The highest BCUT2D eigenvalue weighted by Gasteiger charge is 2.58. The van der Waals surface area contributed by atoms with Crippen LogP contribution in [-0.2, 0) is 11.3 Å². The second kappa shape index (κ2) is 6.03. The summed E-state index contributed by atoms with van der Waals surface area (Å²) in [6.45, 7) is 8.57. The number of halogens is 1. The molecule has 4 heteroatoms. The van der Waals surface area contributed by atoms with Crippen molar-refractivity contribution in [3.63, 3.8) is 0 Å². The molecule has 3 nitrogen and oxygen atoms in total. The average Bonchev–Trinajstić information content (AvgIpc) is 2.38. The summed E-state index contributed by atoms with van der Waals surface area (Å²) in [6.07, 6.45) is 1.11. The van der Waals surface area contributed by atoms with Gasteiger partial charge in [-0.1, -0.05) is 26.0 Å². The molecule has 1 aromatic rings. The van der Waals surface area contributed by atoms with Gasteiger partial charge in [0.25, 0.3) is 0 Å². The Hall–Kier alpha value is -0.970. The zero-order valence-electron chi connectivity index (χ0n) is 13.5. The molecule has 1 fully saturated rings. The van der Waals surface area contributed by atoms with Crippen LogP contribution in [0.5, 0.6) is 0 Å². The van der Waals surface area contributed by atoms with Gasteiger partial charge in [0.2, 0.25) is 0 Å². The Morgan fingerprint density at radius 3 is 2.71 bits per heavy atom. The van der Waals surface area contributed by atoms with E-state index in [0.29, 0.717) is 6.54 Å². The Balaban J connectivity index is 1.95. The van der Waals surface area contributed by atoms with Crippen molar-refractivity contribution in [1.82, 2.24) is 4.90 Å². The summed E-state index contributed by atoms with van der Waals surface area (Å²) in [5, 5.41) is 0. The number of ether oxygens (including phenoxy) is 1. The van der Waals surface area contributed by atoms with Crippen LogP contribution >= 0.6 is 0 Å². The summed E-state index contributed by atoms with van der Waals surface area (Å²) in [4.78, 5) is 2.17. The van der Waals surface area contributed by atoms with Crippen molar-refractivity contribution in [2.24, 2.45) is 11.1 Å². The van der Waals surface area contributed by atoms with Gasteiger partial charge in [0.05, 0.1) is 6.10 Å². The minimum atomic E-state index is -0.255. The third-order valence-electron chi connectivity index (χ3n) is 4.90. The number of nitrogens with zero attached hydrogens (tertiary/aromatic N) is 1. The fraction of sp³-hybridized carbons (Fsp3) is 0.647. The summed E-state index contributed by atoms with van der Waals surface area (Å²) in [5.41, 5.74) is 7.26. The molecule has 1 saturated carbocycles. The normalized spacial score (nSPS) is 27.7. The number of hydrogen-bond donors (Lipinski definition) is 1. The first-order valence-electron chi connectivity index (χ1n) is 7.62. The fourth-order valence-corrected chi connectivity index (χ4v) is 3.26. The summed E-state index contributed by atoms with van der Waals surface area (Å²) in [5.74, 6) is -0.191. The van der Waals surface area contributed by atoms with Crippen molar-refractivity contribution >= 4 is 0 Å². The summed E-state index contributed by atoms with van der Waals surface area (Å²) in [7, 11) is 2.03. The van der Waals surface area contributed by atoms with Crippen molar-refractivity contribution < 1.29 is 9.13 Å². The van der Waals surface area contributed by atoms with Crippen molar-refractivity contribution in [1.29, 1.82) is 0 Å². The molecular weight excluding hydrogens is 267 g/mol. The Morgan fingerprint density at radius 2 is 2.14 bits per heavy atom.